The van der Waals surface area contributed by atoms with Crippen molar-refractivity contribution in [3.63, 3.8) is 0 Å². The lowest BCUT2D eigenvalue weighted by atomic mass is 10.1. The Bertz CT molecular complexity index is 690. The van der Waals surface area contributed by atoms with Crippen molar-refractivity contribution in [1.82, 2.24) is 9.97 Å². The van der Waals surface area contributed by atoms with Crippen LogP contribution in [0.1, 0.15) is 28.9 Å². The summed E-state index contributed by atoms with van der Waals surface area (Å²) >= 11 is 5.93. The van der Waals surface area contributed by atoms with Gasteiger partial charge in [-0.3, -0.25) is 4.79 Å². The molecule has 1 heterocycles. The minimum absolute atomic E-state index is 0.295. The van der Waals surface area contributed by atoms with Crippen molar-refractivity contribution in [2.24, 2.45) is 0 Å². The van der Waals surface area contributed by atoms with Gasteiger partial charge in [0.2, 0.25) is 5.95 Å². The Balaban J connectivity index is 1.89. The molecule has 5 nitrogen and oxygen atoms in total. The summed E-state index contributed by atoms with van der Waals surface area (Å²) in [5.74, 6) is 0.122. The molecule has 2 aromatic rings. The molecule has 0 saturated heterocycles. The number of Topliss-reactive ketones (excluding diaryl/α,β-unsaturated/α-hetero) is 1. The number of hydrogen-bond donors (Lipinski definition) is 2. The number of fused-ring (bicyclic) bond motifs is 1. The van der Waals surface area contributed by atoms with Crippen LogP contribution in [-0.2, 0) is 6.42 Å². The maximum absolute atomic E-state index is 12.0. The number of benzene rings is 1. The van der Waals surface area contributed by atoms with E-state index in [1.165, 1.54) is 6.20 Å². The lowest BCUT2D eigenvalue weighted by Gasteiger charge is -2.09. The van der Waals surface area contributed by atoms with E-state index in [9.17, 15) is 9.90 Å². The molecule has 0 amide bonds. The smallest absolute Gasteiger partial charge is 0.227 e. The van der Waals surface area contributed by atoms with Crippen molar-refractivity contribution in [2.45, 2.75) is 25.4 Å². The maximum atomic E-state index is 12.0. The third-order valence-electron chi connectivity index (χ3n) is 3.41. The number of nitrogens with zero attached hydrogens (tertiary/aromatic N) is 2. The van der Waals surface area contributed by atoms with Crippen molar-refractivity contribution in [3.8, 4) is 0 Å². The van der Waals surface area contributed by atoms with Crippen LogP contribution in [0.2, 0.25) is 5.02 Å². The summed E-state index contributed by atoms with van der Waals surface area (Å²) in [7, 11) is 0. The van der Waals surface area contributed by atoms with Crippen LogP contribution in [0.25, 0.3) is 0 Å². The minimum atomic E-state index is -0.943. The van der Waals surface area contributed by atoms with Gasteiger partial charge in [-0.15, -0.1) is 0 Å². The predicted molar refractivity (Wildman–Crippen MR) is 80.0 cm³/mol. The number of aliphatic hydroxyl groups is 1. The molecule has 2 N–H and O–H groups in total. The highest BCUT2D eigenvalue weighted by Gasteiger charge is 2.25. The van der Waals surface area contributed by atoms with Gasteiger partial charge < -0.3 is 10.4 Å². The molecule has 1 aliphatic carbocycles. The number of aliphatic hydroxyl groups excluding tert-OH is 1. The number of carbonyl (C=O) groups is 1. The van der Waals surface area contributed by atoms with Crippen LogP contribution in [0.15, 0.2) is 30.5 Å². The first kappa shape index (κ1) is 14.0. The van der Waals surface area contributed by atoms with Gasteiger partial charge in [0.1, 0.15) is 6.10 Å². The zero-order valence-corrected chi connectivity index (χ0v) is 12.0. The Morgan fingerprint density at radius 3 is 3.05 bits per heavy atom. The second kappa shape index (κ2) is 5.79. The van der Waals surface area contributed by atoms with Crippen LogP contribution in [0.4, 0.5) is 11.6 Å². The molecule has 0 spiro atoms. The monoisotopic (exact) mass is 303 g/mol. The number of carbonyl (C=O) groups excluding carboxylic acids is 1. The first-order chi connectivity index (χ1) is 10.1. The van der Waals surface area contributed by atoms with Crippen LogP contribution in [-0.4, -0.2) is 27.0 Å². The number of aromatic nitrogens is 2. The van der Waals surface area contributed by atoms with Crippen LogP contribution < -0.4 is 5.32 Å². The molecular weight excluding hydrogens is 290 g/mol. The standard InChI is InChI=1S/C15H14ClN3O2/c16-9-3-1-4-10(7-9)18-15-17-8-11-12(19-15)5-2-6-13(20)14(11)21/h1,3-4,7-8,13,20H,2,5-6H2,(H,17,18,19). The third-order valence-corrected chi connectivity index (χ3v) is 3.64. The van der Waals surface area contributed by atoms with E-state index in [1.807, 2.05) is 12.1 Å². The number of anilines is 2. The van der Waals surface area contributed by atoms with Crippen molar-refractivity contribution < 1.29 is 9.90 Å². The van der Waals surface area contributed by atoms with E-state index >= 15 is 0 Å². The van der Waals surface area contributed by atoms with E-state index < -0.39 is 6.10 Å². The van der Waals surface area contributed by atoms with E-state index in [0.717, 1.165) is 12.1 Å². The van der Waals surface area contributed by atoms with E-state index in [2.05, 4.69) is 15.3 Å². The number of aryl methyl sites for hydroxylation is 1. The average Bonchev–Trinajstić information content (AvgIpc) is 2.59. The molecule has 3 rings (SSSR count). The van der Waals surface area contributed by atoms with Crippen LogP contribution in [0, 0.1) is 0 Å². The average molecular weight is 304 g/mol. The third kappa shape index (κ3) is 3.04. The molecule has 1 aromatic heterocycles. The van der Waals surface area contributed by atoms with Gasteiger partial charge in [-0.25, -0.2) is 9.97 Å². The fraction of sp³-hybridized carbons (Fsp3) is 0.267. The molecule has 1 unspecified atom stereocenters. The Hall–Kier alpha value is -1.98. The Kier molecular flexibility index (Phi) is 3.86. The number of rotatable bonds is 2. The molecule has 1 aliphatic rings. The highest BCUT2D eigenvalue weighted by Crippen LogP contribution is 2.22. The van der Waals surface area contributed by atoms with Gasteiger partial charge >= 0.3 is 0 Å². The number of ketones is 1. The molecular formula is C15H14ClN3O2. The van der Waals surface area contributed by atoms with Gasteiger partial charge in [-0.1, -0.05) is 17.7 Å². The van der Waals surface area contributed by atoms with Crippen molar-refractivity contribution in [1.29, 1.82) is 0 Å². The SMILES string of the molecule is O=C1c2cnc(Nc3cccc(Cl)c3)nc2CCCC1O. The van der Waals surface area contributed by atoms with Gasteiger partial charge in [0.25, 0.3) is 0 Å². The normalized spacial score (nSPS) is 18.0. The summed E-state index contributed by atoms with van der Waals surface area (Å²) in [4.78, 5) is 20.5. The fourth-order valence-corrected chi connectivity index (χ4v) is 2.53. The summed E-state index contributed by atoms with van der Waals surface area (Å²) in [5.41, 5.74) is 1.87. The minimum Gasteiger partial charge on any atom is -0.385 e. The predicted octanol–water partition coefficient (Wildman–Crippen LogP) is 2.75. The summed E-state index contributed by atoms with van der Waals surface area (Å²) in [5, 5.41) is 13.4. The molecule has 108 valence electrons. The largest absolute Gasteiger partial charge is 0.385 e. The summed E-state index contributed by atoms with van der Waals surface area (Å²) in [6, 6.07) is 7.24. The van der Waals surface area contributed by atoms with E-state index in [0.29, 0.717) is 35.1 Å². The van der Waals surface area contributed by atoms with E-state index in [4.69, 9.17) is 11.6 Å². The molecule has 21 heavy (non-hydrogen) atoms. The first-order valence-corrected chi connectivity index (χ1v) is 7.12. The quantitative estimate of drug-likeness (QED) is 0.834. The van der Waals surface area contributed by atoms with Gasteiger partial charge in [0.05, 0.1) is 11.3 Å². The Labute approximate surface area is 127 Å². The molecule has 0 aliphatic heterocycles. The second-order valence-corrected chi connectivity index (χ2v) is 5.40. The van der Waals surface area contributed by atoms with E-state index in [-0.39, 0.29) is 5.78 Å². The van der Waals surface area contributed by atoms with E-state index in [1.54, 1.807) is 12.1 Å². The van der Waals surface area contributed by atoms with Crippen LogP contribution >= 0.6 is 11.6 Å². The van der Waals surface area contributed by atoms with Gasteiger partial charge in [-0.05, 0) is 37.5 Å². The molecule has 0 fully saturated rings. The highest BCUT2D eigenvalue weighted by molar-refractivity contribution is 6.30. The summed E-state index contributed by atoms with van der Waals surface area (Å²) in [6.07, 6.45) is 2.39. The molecule has 0 bridgehead atoms. The summed E-state index contributed by atoms with van der Waals surface area (Å²) < 4.78 is 0. The zero-order chi connectivity index (χ0) is 14.8. The lowest BCUT2D eigenvalue weighted by molar-refractivity contribution is 0.0734. The fourth-order valence-electron chi connectivity index (χ4n) is 2.34. The topological polar surface area (TPSA) is 75.1 Å². The van der Waals surface area contributed by atoms with Crippen molar-refractivity contribution in [3.05, 3.63) is 46.7 Å². The van der Waals surface area contributed by atoms with Crippen molar-refractivity contribution >= 4 is 29.0 Å². The van der Waals surface area contributed by atoms with Crippen LogP contribution in [0.5, 0.6) is 0 Å². The number of halogens is 1. The van der Waals surface area contributed by atoms with Gasteiger partial charge in [-0.2, -0.15) is 0 Å². The van der Waals surface area contributed by atoms with Crippen molar-refractivity contribution in [2.75, 3.05) is 5.32 Å². The molecule has 1 atom stereocenters. The molecule has 1 aromatic carbocycles. The van der Waals surface area contributed by atoms with Gasteiger partial charge in [0.15, 0.2) is 5.78 Å². The first-order valence-electron chi connectivity index (χ1n) is 6.74. The Morgan fingerprint density at radius 2 is 2.24 bits per heavy atom. The molecule has 0 radical (unpaired) electrons. The number of hydrogen-bond acceptors (Lipinski definition) is 5. The zero-order valence-electron chi connectivity index (χ0n) is 11.2. The highest BCUT2D eigenvalue weighted by atomic mass is 35.5. The maximum Gasteiger partial charge on any atom is 0.227 e. The van der Waals surface area contributed by atoms with Gasteiger partial charge in [0, 0.05) is 16.9 Å². The lowest BCUT2D eigenvalue weighted by Crippen LogP contribution is -2.19. The summed E-state index contributed by atoms with van der Waals surface area (Å²) in [6.45, 7) is 0. The van der Waals surface area contributed by atoms with Crippen LogP contribution in [0.3, 0.4) is 0 Å². The molecule has 6 heteroatoms. The Morgan fingerprint density at radius 1 is 1.38 bits per heavy atom. The molecule has 0 saturated carbocycles. The number of nitrogens with one attached hydrogen (secondary N) is 1. The second-order valence-electron chi connectivity index (χ2n) is 4.96.